The van der Waals surface area contributed by atoms with Gasteiger partial charge in [0.05, 0.1) is 4.90 Å². The molecule has 0 unspecified atom stereocenters. The van der Waals surface area contributed by atoms with Crippen LogP contribution in [0.2, 0.25) is 0 Å². The van der Waals surface area contributed by atoms with E-state index in [1.165, 1.54) is 7.05 Å². The van der Waals surface area contributed by atoms with Crippen LogP contribution in [0.1, 0.15) is 28.7 Å². The lowest BCUT2D eigenvalue weighted by Crippen LogP contribution is -2.33. The van der Waals surface area contributed by atoms with Crippen LogP contribution >= 0.6 is 0 Å². The zero-order chi connectivity index (χ0) is 21.1. The number of rotatable bonds is 8. The van der Waals surface area contributed by atoms with Gasteiger partial charge < -0.3 is 9.30 Å². The van der Waals surface area contributed by atoms with E-state index in [-0.39, 0.29) is 10.7 Å². The second-order valence-corrected chi connectivity index (χ2v) is 8.37. The molecule has 1 heterocycles. The van der Waals surface area contributed by atoms with Gasteiger partial charge in [-0.1, -0.05) is 0 Å². The van der Waals surface area contributed by atoms with Crippen molar-refractivity contribution in [2.24, 2.45) is 0 Å². The van der Waals surface area contributed by atoms with Crippen molar-refractivity contribution in [3.05, 3.63) is 53.1 Å². The quantitative estimate of drug-likeness (QED) is 0.492. The number of halogens is 1. The number of nitrogens with zero attached hydrogens (tertiary/aromatic N) is 2. The molecule has 0 N–H and O–H groups in total. The molecule has 0 spiro atoms. The van der Waals surface area contributed by atoms with Crippen molar-refractivity contribution >= 4 is 21.8 Å². The summed E-state index contributed by atoms with van der Waals surface area (Å²) in [7, 11) is -2.77. The Kier molecular flexibility index (Phi) is 6.73. The van der Waals surface area contributed by atoms with Crippen LogP contribution in [0.5, 0.6) is 0 Å². The Balaban J connectivity index is 1.98. The number of aromatic nitrogens is 1. The molecular formula is C19H23FN2O5S. The van der Waals surface area contributed by atoms with E-state index >= 15 is 0 Å². The minimum absolute atomic E-state index is 0.146. The predicted molar refractivity (Wildman–Crippen MR) is 101 cm³/mol. The van der Waals surface area contributed by atoms with Crippen molar-refractivity contribution in [2.45, 2.75) is 32.2 Å². The van der Waals surface area contributed by atoms with Crippen LogP contribution < -0.4 is 0 Å². The van der Waals surface area contributed by atoms with E-state index in [2.05, 4.69) is 0 Å². The molecule has 0 aliphatic carbocycles. The zero-order valence-electron chi connectivity index (χ0n) is 16.2. The molecule has 1 aromatic carbocycles. The van der Waals surface area contributed by atoms with E-state index in [4.69, 9.17) is 4.74 Å². The maximum atomic E-state index is 13.0. The van der Waals surface area contributed by atoms with E-state index in [0.29, 0.717) is 5.56 Å². The molecule has 28 heavy (non-hydrogen) atoms. The van der Waals surface area contributed by atoms with Crippen LogP contribution in [0.4, 0.5) is 4.39 Å². The maximum Gasteiger partial charge on any atom is 0.321 e. The van der Waals surface area contributed by atoms with Crippen molar-refractivity contribution in [1.29, 1.82) is 0 Å². The van der Waals surface area contributed by atoms with Crippen LogP contribution in [0.3, 0.4) is 0 Å². The van der Waals surface area contributed by atoms with Gasteiger partial charge >= 0.3 is 5.97 Å². The molecule has 0 radical (unpaired) electrons. The second kappa shape index (κ2) is 8.66. The molecule has 7 nitrogen and oxygen atoms in total. The van der Waals surface area contributed by atoms with Crippen LogP contribution in [-0.4, -0.2) is 49.2 Å². The predicted octanol–water partition coefficient (Wildman–Crippen LogP) is 2.31. The monoisotopic (exact) mass is 410 g/mol. The first-order valence-corrected chi connectivity index (χ1v) is 10.1. The number of ether oxygens (including phenoxy) is 1. The summed E-state index contributed by atoms with van der Waals surface area (Å²) < 4.78 is 45.4. The van der Waals surface area contributed by atoms with Crippen LogP contribution in [0.25, 0.3) is 0 Å². The number of hydrogen-bond acceptors (Lipinski definition) is 5. The van der Waals surface area contributed by atoms with Crippen molar-refractivity contribution in [1.82, 2.24) is 8.87 Å². The molecule has 2 rings (SSSR count). The number of hydrogen-bond donors (Lipinski definition) is 0. The van der Waals surface area contributed by atoms with E-state index in [9.17, 15) is 22.4 Å². The number of sulfonamides is 1. The first kappa shape index (κ1) is 21.8. The third-order valence-corrected chi connectivity index (χ3v) is 6.25. The highest BCUT2D eigenvalue weighted by Gasteiger charge is 2.24. The molecule has 0 fully saturated rings. The molecule has 2 aromatic rings. The van der Waals surface area contributed by atoms with E-state index in [0.717, 1.165) is 46.5 Å². The van der Waals surface area contributed by atoms with Crippen LogP contribution in [-0.2, 0) is 26.1 Å². The Hall–Kier alpha value is -2.52. The SMILES string of the molecule is CCn1c(C)cc(C(=O)COC(=O)CN(C)S(=O)(=O)c2ccc(F)cc2)c1C. The lowest BCUT2D eigenvalue weighted by atomic mass is 10.1. The normalized spacial score (nSPS) is 11.6. The summed E-state index contributed by atoms with van der Waals surface area (Å²) in [6.07, 6.45) is 0. The summed E-state index contributed by atoms with van der Waals surface area (Å²) in [5.74, 6) is -1.78. The van der Waals surface area contributed by atoms with Gasteiger partial charge in [-0.3, -0.25) is 9.59 Å². The van der Waals surface area contributed by atoms with Gasteiger partial charge in [0.15, 0.2) is 6.61 Å². The molecule has 0 bridgehead atoms. The van der Waals surface area contributed by atoms with Crippen molar-refractivity contribution < 1.29 is 27.1 Å². The highest BCUT2D eigenvalue weighted by molar-refractivity contribution is 7.89. The summed E-state index contributed by atoms with van der Waals surface area (Å²) in [4.78, 5) is 24.2. The minimum Gasteiger partial charge on any atom is -0.456 e. The fourth-order valence-corrected chi connectivity index (χ4v) is 4.01. The summed E-state index contributed by atoms with van der Waals surface area (Å²) >= 11 is 0. The summed E-state index contributed by atoms with van der Waals surface area (Å²) in [5, 5.41) is 0. The second-order valence-electron chi connectivity index (χ2n) is 6.33. The number of Topliss-reactive ketones (excluding diaryl/α,β-unsaturated/α-hetero) is 1. The average Bonchev–Trinajstić information content (AvgIpc) is 2.93. The molecule has 9 heteroatoms. The molecule has 152 valence electrons. The molecule has 0 aliphatic rings. The lowest BCUT2D eigenvalue weighted by Gasteiger charge is -2.16. The Morgan fingerprint density at radius 2 is 1.79 bits per heavy atom. The van der Waals surface area contributed by atoms with Gasteiger partial charge in [-0.05, 0) is 51.1 Å². The Morgan fingerprint density at radius 1 is 1.18 bits per heavy atom. The van der Waals surface area contributed by atoms with Gasteiger partial charge in [-0.15, -0.1) is 0 Å². The Morgan fingerprint density at radius 3 is 2.32 bits per heavy atom. The van der Waals surface area contributed by atoms with Crippen molar-refractivity contribution in [3.8, 4) is 0 Å². The standard InChI is InChI=1S/C19H23FN2O5S/c1-5-22-13(2)10-17(14(22)3)18(23)12-27-19(24)11-21(4)28(25,26)16-8-6-15(20)7-9-16/h6-10H,5,11-12H2,1-4H3. The number of carbonyl (C=O) groups is 2. The number of ketones is 1. The smallest absolute Gasteiger partial charge is 0.321 e. The number of carbonyl (C=O) groups excluding carboxylic acids is 2. The van der Waals surface area contributed by atoms with Crippen molar-refractivity contribution in [3.63, 3.8) is 0 Å². The van der Waals surface area contributed by atoms with Crippen LogP contribution in [0, 0.1) is 19.7 Å². The van der Waals surface area contributed by atoms with Gasteiger partial charge in [-0.2, -0.15) is 4.31 Å². The third-order valence-electron chi connectivity index (χ3n) is 4.43. The number of likely N-dealkylation sites (N-methyl/N-ethyl adjacent to an activating group) is 1. The summed E-state index contributed by atoms with van der Waals surface area (Å²) in [6, 6.07) is 5.99. The van der Waals surface area contributed by atoms with Gasteiger partial charge in [0.2, 0.25) is 15.8 Å². The minimum atomic E-state index is -3.98. The van der Waals surface area contributed by atoms with Crippen molar-refractivity contribution in [2.75, 3.05) is 20.2 Å². The van der Waals surface area contributed by atoms with E-state index in [1.54, 1.807) is 6.07 Å². The first-order chi connectivity index (χ1) is 13.1. The van der Waals surface area contributed by atoms with Gasteiger partial charge in [-0.25, -0.2) is 12.8 Å². The molecule has 0 saturated heterocycles. The zero-order valence-corrected chi connectivity index (χ0v) is 17.0. The Bertz CT molecular complexity index is 980. The maximum absolute atomic E-state index is 13.0. The topological polar surface area (TPSA) is 85.7 Å². The molecule has 0 amide bonds. The van der Waals surface area contributed by atoms with Crippen LogP contribution in [0.15, 0.2) is 35.2 Å². The van der Waals surface area contributed by atoms with Gasteiger partial charge in [0.25, 0.3) is 0 Å². The lowest BCUT2D eigenvalue weighted by molar-refractivity contribution is -0.142. The summed E-state index contributed by atoms with van der Waals surface area (Å²) in [5.41, 5.74) is 2.19. The third kappa shape index (κ3) is 4.66. The number of benzene rings is 1. The average molecular weight is 410 g/mol. The molecular weight excluding hydrogens is 387 g/mol. The highest BCUT2D eigenvalue weighted by atomic mass is 32.2. The Labute approximate surface area is 163 Å². The first-order valence-electron chi connectivity index (χ1n) is 8.65. The van der Waals surface area contributed by atoms with E-state index in [1.807, 2.05) is 25.3 Å². The number of esters is 1. The highest BCUT2D eigenvalue weighted by Crippen LogP contribution is 2.17. The summed E-state index contributed by atoms with van der Waals surface area (Å²) in [6.45, 7) is 5.34. The molecule has 1 aromatic heterocycles. The molecule has 0 aliphatic heterocycles. The molecule has 0 atom stereocenters. The van der Waals surface area contributed by atoms with Gasteiger partial charge in [0, 0.05) is 30.5 Å². The largest absolute Gasteiger partial charge is 0.456 e. The fraction of sp³-hybridized carbons (Fsp3) is 0.368. The van der Waals surface area contributed by atoms with Gasteiger partial charge in [0.1, 0.15) is 12.4 Å². The number of aryl methyl sites for hydroxylation is 1. The van der Waals surface area contributed by atoms with E-state index < -0.39 is 35.0 Å². The molecule has 0 saturated carbocycles. The fourth-order valence-electron chi connectivity index (χ4n) is 2.89.